The largest absolute Gasteiger partial charge is 0.425 e. The van der Waals surface area contributed by atoms with E-state index in [0.717, 1.165) is 22.2 Å². The molecule has 22 heavy (non-hydrogen) atoms. The Morgan fingerprint density at radius 3 is 2.32 bits per heavy atom. The molecule has 0 N–H and O–H groups in total. The Morgan fingerprint density at radius 2 is 1.77 bits per heavy atom. The SMILES string of the molecule is O=C(CC12CC3CC(CC(C3)C1)C2)Oc1ccc(Br)cc1Cl. The summed E-state index contributed by atoms with van der Waals surface area (Å²) in [6, 6.07) is 5.36. The summed E-state index contributed by atoms with van der Waals surface area (Å²) in [7, 11) is 0. The van der Waals surface area contributed by atoms with Crippen LogP contribution < -0.4 is 4.74 Å². The third-order valence-electron chi connectivity index (χ3n) is 5.80. The van der Waals surface area contributed by atoms with E-state index in [-0.39, 0.29) is 11.4 Å². The van der Waals surface area contributed by atoms with E-state index in [1.807, 2.05) is 6.07 Å². The molecule has 4 aliphatic rings. The van der Waals surface area contributed by atoms with E-state index in [1.54, 1.807) is 12.1 Å². The molecule has 4 bridgehead atoms. The number of hydrogen-bond acceptors (Lipinski definition) is 2. The van der Waals surface area contributed by atoms with Gasteiger partial charge in [-0.3, -0.25) is 4.79 Å². The summed E-state index contributed by atoms with van der Waals surface area (Å²) in [5.74, 6) is 2.92. The standard InChI is InChI=1S/C18H20BrClO2/c19-14-1-2-16(15(20)6-14)22-17(21)10-18-7-11-3-12(8-18)5-13(4-11)9-18/h1-2,6,11-13H,3-5,7-10H2. The molecule has 5 rings (SSSR count). The summed E-state index contributed by atoms with van der Waals surface area (Å²) in [4.78, 5) is 12.4. The second-order valence-electron chi connectivity index (χ2n) is 7.64. The number of benzene rings is 1. The minimum Gasteiger partial charge on any atom is -0.425 e. The van der Waals surface area contributed by atoms with Crippen molar-refractivity contribution >= 4 is 33.5 Å². The zero-order chi connectivity index (χ0) is 15.3. The first-order chi connectivity index (χ1) is 10.5. The molecule has 0 unspecified atom stereocenters. The van der Waals surface area contributed by atoms with Crippen molar-refractivity contribution < 1.29 is 9.53 Å². The van der Waals surface area contributed by atoms with Crippen LogP contribution in [-0.4, -0.2) is 5.97 Å². The van der Waals surface area contributed by atoms with Crippen molar-refractivity contribution in [2.75, 3.05) is 0 Å². The number of halogens is 2. The van der Waals surface area contributed by atoms with Crippen LogP contribution in [0.4, 0.5) is 0 Å². The van der Waals surface area contributed by atoms with Crippen molar-refractivity contribution in [2.45, 2.75) is 44.9 Å². The molecule has 118 valence electrons. The lowest BCUT2D eigenvalue weighted by Gasteiger charge is -2.56. The van der Waals surface area contributed by atoms with Crippen LogP contribution in [0.5, 0.6) is 5.75 Å². The molecular formula is C18H20BrClO2. The van der Waals surface area contributed by atoms with Crippen LogP contribution in [0.2, 0.25) is 5.02 Å². The molecule has 2 nitrogen and oxygen atoms in total. The molecule has 1 aromatic rings. The maximum absolute atomic E-state index is 12.4. The van der Waals surface area contributed by atoms with Crippen LogP contribution in [0.3, 0.4) is 0 Å². The second-order valence-corrected chi connectivity index (χ2v) is 8.97. The fourth-order valence-corrected chi connectivity index (χ4v) is 6.24. The number of hydrogen-bond donors (Lipinski definition) is 0. The summed E-state index contributed by atoms with van der Waals surface area (Å²) in [5.41, 5.74) is 0.216. The molecule has 0 aliphatic heterocycles. The Kier molecular flexibility index (Phi) is 3.77. The van der Waals surface area contributed by atoms with Gasteiger partial charge < -0.3 is 4.74 Å². The summed E-state index contributed by atoms with van der Waals surface area (Å²) < 4.78 is 6.43. The topological polar surface area (TPSA) is 26.3 Å². The van der Waals surface area contributed by atoms with E-state index in [4.69, 9.17) is 16.3 Å². The van der Waals surface area contributed by atoms with Gasteiger partial charge in [0.2, 0.25) is 0 Å². The highest BCUT2D eigenvalue weighted by Crippen LogP contribution is 2.61. The Labute approximate surface area is 144 Å². The Balaban J connectivity index is 1.46. The zero-order valence-electron chi connectivity index (χ0n) is 12.5. The van der Waals surface area contributed by atoms with Crippen LogP contribution in [-0.2, 0) is 4.79 Å². The van der Waals surface area contributed by atoms with Gasteiger partial charge in [0.25, 0.3) is 0 Å². The number of ether oxygens (including phenoxy) is 1. The van der Waals surface area contributed by atoms with Gasteiger partial charge in [0.1, 0.15) is 5.75 Å². The average Bonchev–Trinajstić information content (AvgIpc) is 2.39. The summed E-state index contributed by atoms with van der Waals surface area (Å²) >= 11 is 9.50. The third kappa shape index (κ3) is 2.82. The highest BCUT2D eigenvalue weighted by molar-refractivity contribution is 9.10. The van der Waals surface area contributed by atoms with Gasteiger partial charge in [-0.15, -0.1) is 0 Å². The Morgan fingerprint density at radius 1 is 1.18 bits per heavy atom. The van der Waals surface area contributed by atoms with Gasteiger partial charge >= 0.3 is 5.97 Å². The highest BCUT2D eigenvalue weighted by atomic mass is 79.9. The normalized spacial score (nSPS) is 35.6. The smallest absolute Gasteiger partial charge is 0.311 e. The second kappa shape index (κ2) is 5.52. The molecule has 0 radical (unpaired) electrons. The van der Waals surface area contributed by atoms with Crippen molar-refractivity contribution in [3.63, 3.8) is 0 Å². The summed E-state index contributed by atoms with van der Waals surface area (Å²) in [6.45, 7) is 0. The molecule has 1 aromatic carbocycles. The van der Waals surface area contributed by atoms with Crippen molar-refractivity contribution in [3.8, 4) is 5.75 Å². The van der Waals surface area contributed by atoms with Gasteiger partial charge in [-0.1, -0.05) is 27.5 Å². The van der Waals surface area contributed by atoms with Crippen LogP contribution in [0.15, 0.2) is 22.7 Å². The molecular weight excluding hydrogens is 364 g/mol. The molecule has 4 heteroatoms. The van der Waals surface area contributed by atoms with E-state index in [2.05, 4.69) is 15.9 Å². The van der Waals surface area contributed by atoms with Crippen molar-refractivity contribution in [3.05, 3.63) is 27.7 Å². The number of rotatable bonds is 3. The molecule has 0 saturated heterocycles. The average molecular weight is 384 g/mol. The molecule has 0 spiro atoms. The monoisotopic (exact) mass is 382 g/mol. The fraction of sp³-hybridized carbons (Fsp3) is 0.611. The van der Waals surface area contributed by atoms with Crippen molar-refractivity contribution in [2.24, 2.45) is 23.2 Å². The van der Waals surface area contributed by atoms with E-state index < -0.39 is 0 Å². The van der Waals surface area contributed by atoms with Crippen molar-refractivity contribution in [1.29, 1.82) is 0 Å². The van der Waals surface area contributed by atoms with E-state index in [9.17, 15) is 4.79 Å². The van der Waals surface area contributed by atoms with Crippen LogP contribution >= 0.6 is 27.5 Å². The highest BCUT2D eigenvalue weighted by Gasteiger charge is 2.51. The molecule has 4 saturated carbocycles. The Bertz CT molecular complexity index is 578. The van der Waals surface area contributed by atoms with Gasteiger partial charge in [0.05, 0.1) is 11.4 Å². The molecule has 4 fully saturated rings. The van der Waals surface area contributed by atoms with Gasteiger partial charge in [0.15, 0.2) is 0 Å². The summed E-state index contributed by atoms with van der Waals surface area (Å²) in [6.07, 6.45) is 8.42. The number of esters is 1. The zero-order valence-corrected chi connectivity index (χ0v) is 14.8. The first-order valence-corrected chi connectivity index (χ1v) is 9.34. The van der Waals surface area contributed by atoms with E-state index in [1.165, 1.54) is 38.5 Å². The van der Waals surface area contributed by atoms with Crippen LogP contribution in [0.25, 0.3) is 0 Å². The summed E-state index contributed by atoms with van der Waals surface area (Å²) in [5, 5.41) is 0.480. The molecule has 0 heterocycles. The predicted octanol–water partition coefficient (Wildman–Crippen LogP) is 5.61. The number of carbonyl (C=O) groups is 1. The van der Waals surface area contributed by atoms with Gasteiger partial charge in [0, 0.05) is 4.47 Å². The maximum atomic E-state index is 12.4. The quantitative estimate of drug-likeness (QED) is 0.500. The van der Waals surface area contributed by atoms with Gasteiger partial charge in [-0.2, -0.15) is 0 Å². The molecule has 0 aromatic heterocycles. The van der Waals surface area contributed by atoms with Gasteiger partial charge in [-0.25, -0.2) is 0 Å². The van der Waals surface area contributed by atoms with E-state index in [0.29, 0.717) is 17.2 Å². The lowest BCUT2D eigenvalue weighted by atomic mass is 9.49. The minimum atomic E-state index is -0.119. The Hall–Kier alpha value is -0.540. The van der Waals surface area contributed by atoms with Crippen LogP contribution in [0, 0.1) is 23.2 Å². The maximum Gasteiger partial charge on any atom is 0.311 e. The van der Waals surface area contributed by atoms with Crippen LogP contribution in [0.1, 0.15) is 44.9 Å². The minimum absolute atomic E-state index is 0.119. The number of carbonyl (C=O) groups excluding carboxylic acids is 1. The first-order valence-electron chi connectivity index (χ1n) is 8.17. The third-order valence-corrected chi connectivity index (χ3v) is 6.59. The fourth-order valence-electron chi connectivity index (χ4n) is 5.53. The molecule has 0 amide bonds. The predicted molar refractivity (Wildman–Crippen MR) is 90.0 cm³/mol. The molecule has 4 aliphatic carbocycles. The lowest BCUT2D eigenvalue weighted by Crippen LogP contribution is -2.47. The van der Waals surface area contributed by atoms with E-state index >= 15 is 0 Å². The van der Waals surface area contributed by atoms with Crippen molar-refractivity contribution in [1.82, 2.24) is 0 Å². The molecule has 0 atom stereocenters. The lowest BCUT2D eigenvalue weighted by molar-refractivity contribution is -0.142. The van der Waals surface area contributed by atoms with Gasteiger partial charge in [-0.05, 0) is 79.9 Å². The first kappa shape index (κ1) is 15.0.